The summed E-state index contributed by atoms with van der Waals surface area (Å²) in [6, 6.07) is 0.486. The number of likely N-dealkylation sites (tertiary alicyclic amines) is 1. The van der Waals surface area contributed by atoms with E-state index in [2.05, 4.69) is 30.6 Å². The molecule has 1 saturated heterocycles. The van der Waals surface area contributed by atoms with Crippen molar-refractivity contribution < 1.29 is 0 Å². The molecule has 0 aliphatic carbocycles. The van der Waals surface area contributed by atoms with Crippen LogP contribution in [0, 0.1) is 5.41 Å². The predicted octanol–water partition coefficient (Wildman–Crippen LogP) is 3.30. The highest BCUT2D eigenvalue weighted by molar-refractivity contribution is 5.91. The third-order valence-corrected chi connectivity index (χ3v) is 3.42. The van der Waals surface area contributed by atoms with Gasteiger partial charge in [0.25, 0.3) is 0 Å². The van der Waals surface area contributed by atoms with E-state index in [-0.39, 0.29) is 0 Å². The molecule has 3 heteroatoms. The van der Waals surface area contributed by atoms with Crippen LogP contribution in [0.1, 0.15) is 46.5 Å². The van der Waals surface area contributed by atoms with Crippen molar-refractivity contribution in [2.45, 2.75) is 52.5 Å². The fraction of sp³-hybridized carbons (Fsp3) is 0.667. The van der Waals surface area contributed by atoms with Crippen LogP contribution in [0.25, 0.3) is 0 Å². The van der Waals surface area contributed by atoms with E-state index in [1.807, 2.05) is 13.0 Å². The van der Waals surface area contributed by atoms with Gasteiger partial charge in [0.1, 0.15) is 5.84 Å². The minimum atomic E-state index is 0.486. The second kappa shape index (κ2) is 7.24. The second-order valence-electron chi connectivity index (χ2n) is 5.19. The van der Waals surface area contributed by atoms with E-state index >= 15 is 0 Å². The van der Waals surface area contributed by atoms with Gasteiger partial charge in [-0.1, -0.05) is 13.5 Å². The highest BCUT2D eigenvalue weighted by Gasteiger charge is 2.19. The van der Waals surface area contributed by atoms with E-state index in [4.69, 9.17) is 5.41 Å². The van der Waals surface area contributed by atoms with Gasteiger partial charge in [-0.15, -0.1) is 0 Å². The molecule has 1 aliphatic rings. The number of nitrogens with one attached hydrogen (secondary N) is 2. The Bertz CT molecular complexity index is 331. The van der Waals surface area contributed by atoms with Gasteiger partial charge in [0.2, 0.25) is 0 Å². The molecule has 1 heterocycles. The van der Waals surface area contributed by atoms with E-state index in [0.29, 0.717) is 11.9 Å². The zero-order chi connectivity index (χ0) is 13.5. The molecule has 0 saturated carbocycles. The van der Waals surface area contributed by atoms with Crippen LogP contribution in [0.15, 0.2) is 23.9 Å². The SMILES string of the molecule is C=C(C)/C(=C/C(=N)N1CCCCC1C)NCCC. The van der Waals surface area contributed by atoms with Gasteiger partial charge >= 0.3 is 0 Å². The Morgan fingerprint density at radius 2 is 2.22 bits per heavy atom. The quantitative estimate of drug-likeness (QED) is 0.446. The Kier molecular flexibility index (Phi) is 5.96. The molecule has 0 amide bonds. The Balaban J connectivity index is 2.70. The summed E-state index contributed by atoms with van der Waals surface area (Å²) in [6.45, 7) is 12.3. The molecule has 0 spiro atoms. The van der Waals surface area contributed by atoms with Gasteiger partial charge in [-0.25, -0.2) is 0 Å². The smallest absolute Gasteiger partial charge is 0.122 e. The van der Waals surface area contributed by atoms with Crippen molar-refractivity contribution in [2.24, 2.45) is 0 Å². The molecule has 1 unspecified atom stereocenters. The first-order valence-corrected chi connectivity index (χ1v) is 7.03. The first-order chi connectivity index (χ1) is 8.56. The van der Waals surface area contributed by atoms with Gasteiger partial charge in [0.15, 0.2) is 0 Å². The number of nitrogens with zero attached hydrogens (tertiary/aromatic N) is 1. The highest BCUT2D eigenvalue weighted by Crippen LogP contribution is 2.17. The summed E-state index contributed by atoms with van der Waals surface area (Å²) >= 11 is 0. The van der Waals surface area contributed by atoms with Gasteiger partial charge in [0, 0.05) is 30.9 Å². The highest BCUT2D eigenvalue weighted by atomic mass is 15.2. The lowest BCUT2D eigenvalue weighted by molar-refractivity contribution is 0.258. The Labute approximate surface area is 111 Å². The molecule has 1 rings (SSSR count). The lowest BCUT2D eigenvalue weighted by atomic mass is 10.0. The normalized spacial score (nSPS) is 20.7. The fourth-order valence-corrected chi connectivity index (χ4v) is 2.26. The molecule has 0 aromatic carbocycles. The van der Waals surface area contributed by atoms with E-state index in [1.165, 1.54) is 19.3 Å². The topological polar surface area (TPSA) is 39.1 Å². The van der Waals surface area contributed by atoms with Crippen LogP contribution in [0.3, 0.4) is 0 Å². The van der Waals surface area contributed by atoms with Crippen LogP contribution in [0.2, 0.25) is 0 Å². The van der Waals surface area contributed by atoms with Crippen molar-refractivity contribution in [3.05, 3.63) is 23.9 Å². The van der Waals surface area contributed by atoms with E-state index in [1.54, 1.807) is 0 Å². The first kappa shape index (κ1) is 14.8. The van der Waals surface area contributed by atoms with Gasteiger partial charge in [-0.2, -0.15) is 0 Å². The van der Waals surface area contributed by atoms with Crippen LogP contribution in [0.4, 0.5) is 0 Å². The van der Waals surface area contributed by atoms with Crippen molar-refractivity contribution in [3.63, 3.8) is 0 Å². The van der Waals surface area contributed by atoms with Gasteiger partial charge < -0.3 is 10.2 Å². The van der Waals surface area contributed by atoms with E-state index in [0.717, 1.165) is 30.8 Å². The van der Waals surface area contributed by atoms with Crippen LogP contribution >= 0.6 is 0 Å². The summed E-state index contributed by atoms with van der Waals surface area (Å²) in [5.41, 5.74) is 2.00. The zero-order valence-electron chi connectivity index (χ0n) is 12.1. The minimum absolute atomic E-state index is 0.486. The van der Waals surface area contributed by atoms with Crippen molar-refractivity contribution >= 4 is 5.84 Å². The molecule has 0 radical (unpaired) electrons. The summed E-state index contributed by atoms with van der Waals surface area (Å²) in [4.78, 5) is 2.19. The van der Waals surface area contributed by atoms with E-state index in [9.17, 15) is 0 Å². The Morgan fingerprint density at radius 3 is 2.78 bits per heavy atom. The van der Waals surface area contributed by atoms with Crippen LogP contribution in [-0.4, -0.2) is 29.9 Å². The van der Waals surface area contributed by atoms with Gasteiger partial charge in [-0.05, 0) is 45.1 Å². The van der Waals surface area contributed by atoms with Crippen LogP contribution in [0.5, 0.6) is 0 Å². The average molecular weight is 249 g/mol. The molecule has 18 heavy (non-hydrogen) atoms. The average Bonchev–Trinajstić information content (AvgIpc) is 2.34. The number of piperidine rings is 1. The molecule has 1 fully saturated rings. The summed E-state index contributed by atoms with van der Waals surface area (Å²) in [5, 5.41) is 11.6. The summed E-state index contributed by atoms with van der Waals surface area (Å²) < 4.78 is 0. The molecule has 2 N–H and O–H groups in total. The van der Waals surface area contributed by atoms with Crippen LogP contribution in [-0.2, 0) is 0 Å². The maximum atomic E-state index is 8.24. The maximum Gasteiger partial charge on any atom is 0.122 e. The molecule has 0 aromatic heterocycles. The largest absolute Gasteiger partial charge is 0.385 e. The van der Waals surface area contributed by atoms with Crippen molar-refractivity contribution in [2.75, 3.05) is 13.1 Å². The maximum absolute atomic E-state index is 8.24. The molecule has 1 atom stereocenters. The van der Waals surface area contributed by atoms with Gasteiger partial charge in [-0.3, -0.25) is 5.41 Å². The molecular weight excluding hydrogens is 222 g/mol. The van der Waals surface area contributed by atoms with Crippen LogP contribution < -0.4 is 5.32 Å². The Morgan fingerprint density at radius 1 is 1.50 bits per heavy atom. The van der Waals surface area contributed by atoms with Crippen molar-refractivity contribution in [3.8, 4) is 0 Å². The molecule has 0 aromatic rings. The number of amidine groups is 1. The summed E-state index contributed by atoms with van der Waals surface area (Å²) in [7, 11) is 0. The fourth-order valence-electron chi connectivity index (χ4n) is 2.26. The van der Waals surface area contributed by atoms with Crippen molar-refractivity contribution in [1.82, 2.24) is 10.2 Å². The molecule has 102 valence electrons. The number of hydrogen-bond donors (Lipinski definition) is 2. The van der Waals surface area contributed by atoms with Crippen molar-refractivity contribution in [1.29, 1.82) is 5.41 Å². The molecule has 0 bridgehead atoms. The lowest BCUT2D eigenvalue weighted by Crippen LogP contribution is -2.41. The molecular formula is C15H27N3. The Hall–Kier alpha value is -1.25. The third kappa shape index (κ3) is 4.21. The monoisotopic (exact) mass is 249 g/mol. The summed E-state index contributed by atoms with van der Waals surface area (Å²) in [5.74, 6) is 0.615. The number of allylic oxidation sites excluding steroid dienone is 1. The number of rotatable bonds is 5. The molecule has 1 aliphatic heterocycles. The lowest BCUT2D eigenvalue weighted by Gasteiger charge is -2.34. The standard InChI is InChI=1S/C15H27N3/c1-5-9-17-14(12(2)3)11-15(16)18-10-7-6-8-13(18)4/h11,13,16-17H,2,5-10H2,1,3-4H3/b14-11-,16-15?. The second-order valence-corrected chi connectivity index (χ2v) is 5.19. The van der Waals surface area contributed by atoms with Gasteiger partial charge in [0.05, 0.1) is 0 Å². The van der Waals surface area contributed by atoms with E-state index < -0.39 is 0 Å². The number of hydrogen-bond acceptors (Lipinski definition) is 2. The first-order valence-electron chi connectivity index (χ1n) is 7.03. The third-order valence-electron chi connectivity index (χ3n) is 3.42. The molecule has 3 nitrogen and oxygen atoms in total. The summed E-state index contributed by atoms with van der Waals surface area (Å²) in [6.07, 6.45) is 6.69. The minimum Gasteiger partial charge on any atom is -0.385 e. The zero-order valence-corrected chi connectivity index (χ0v) is 12.1. The predicted molar refractivity (Wildman–Crippen MR) is 78.9 cm³/mol.